The predicted molar refractivity (Wildman–Crippen MR) is 105 cm³/mol. The molecule has 0 amide bonds. The van der Waals surface area contributed by atoms with E-state index >= 15 is 0 Å². The highest BCUT2D eigenvalue weighted by atomic mass is 35.5. The maximum Gasteiger partial charge on any atom is 0.264 e. The highest BCUT2D eigenvalue weighted by Gasteiger charge is 2.17. The zero-order valence-corrected chi connectivity index (χ0v) is 15.7. The number of halogens is 1. The number of anilines is 2. The molecule has 0 aliphatic carbocycles. The van der Waals surface area contributed by atoms with Crippen LogP contribution in [0.4, 0.5) is 11.5 Å². The minimum atomic E-state index is -3.78. The number of rotatable bonds is 6. The number of sulfonamides is 1. The molecular formula is C19H18ClN3O2S. The topological polar surface area (TPSA) is 71.1 Å². The molecule has 134 valence electrons. The van der Waals surface area contributed by atoms with Crippen molar-refractivity contribution >= 4 is 33.1 Å². The molecule has 0 fully saturated rings. The molecule has 0 saturated heterocycles. The molecule has 1 heterocycles. The third-order valence-electron chi connectivity index (χ3n) is 3.71. The standard InChI is InChI=1S/C19H18ClN3O2S/c1-14-5-4-6-15(11-14)12-21-16-9-10-19(22-13-16)23-26(24,25)18-8-3-2-7-17(18)20/h2-11,13,21H,12H2,1H3,(H,22,23). The van der Waals surface area contributed by atoms with Crippen LogP contribution in [0.25, 0.3) is 0 Å². The lowest BCUT2D eigenvalue weighted by atomic mass is 10.1. The quantitative estimate of drug-likeness (QED) is 0.655. The fourth-order valence-electron chi connectivity index (χ4n) is 2.44. The first kappa shape index (κ1) is 18.2. The van der Waals surface area contributed by atoms with E-state index in [2.05, 4.69) is 21.1 Å². The maximum absolute atomic E-state index is 12.4. The van der Waals surface area contributed by atoms with E-state index in [1.54, 1.807) is 30.5 Å². The highest BCUT2D eigenvalue weighted by molar-refractivity contribution is 7.92. The number of hydrogen-bond donors (Lipinski definition) is 2. The van der Waals surface area contributed by atoms with E-state index < -0.39 is 10.0 Å². The Morgan fingerprint density at radius 2 is 1.85 bits per heavy atom. The van der Waals surface area contributed by atoms with Crippen molar-refractivity contribution in [1.82, 2.24) is 4.98 Å². The molecule has 2 N–H and O–H groups in total. The van der Waals surface area contributed by atoms with Crippen molar-refractivity contribution in [3.8, 4) is 0 Å². The van der Waals surface area contributed by atoms with Gasteiger partial charge in [-0.05, 0) is 36.8 Å². The number of nitrogens with zero attached hydrogens (tertiary/aromatic N) is 1. The highest BCUT2D eigenvalue weighted by Crippen LogP contribution is 2.23. The van der Waals surface area contributed by atoms with Crippen molar-refractivity contribution in [3.63, 3.8) is 0 Å². The SMILES string of the molecule is Cc1cccc(CNc2ccc(NS(=O)(=O)c3ccccc3Cl)nc2)c1. The molecule has 0 aliphatic rings. The molecule has 5 nitrogen and oxygen atoms in total. The van der Waals surface area contributed by atoms with E-state index in [1.807, 2.05) is 25.1 Å². The van der Waals surface area contributed by atoms with Gasteiger partial charge >= 0.3 is 0 Å². The first-order valence-electron chi connectivity index (χ1n) is 7.97. The summed E-state index contributed by atoms with van der Waals surface area (Å²) in [6, 6.07) is 17.8. The minimum absolute atomic E-state index is 0.0186. The summed E-state index contributed by atoms with van der Waals surface area (Å²) in [6.45, 7) is 2.71. The van der Waals surface area contributed by atoms with E-state index in [0.29, 0.717) is 6.54 Å². The van der Waals surface area contributed by atoms with E-state index in [1.165, 1.54) is 17.7 Å². The smallest absolute Gasteiger partial charge is 0.264 e. The molecule has 7 heteroatoms. The summed E-state index contributed by atoms with van der Waals surface area (Å²) < 4.78 is 27.2. The molecule has 3 rings (SSSR count). The molecule has 2 aromatic carbocycles. The van der Waals surface area contributed by atoms with Gasteiger partial charge in [-0.25, -0.2) is 13.4 Å². The molecule has 0 spiro atoms. The van der Waals surface area contributed by atoms with Crippen molar-refractivity contribution < 1.29 is 8.42 Å². The van der Waals surface area contributed by atoms with Gasteiger partial charge in [0.05, 0.1) is 16.9 Å². The van der Waals surface area contributed by atoms with Gasteiger partial charge in [0.15, 0.2) is 0 Å². The Kier molecular flexibility index (Phi) is 5.44. The number of aryl methyl sites for hydroxylation is 1. The van der Waals surface area contributed by atoms with Crippen molar-refractivity contribution in [1.29, 1.82) is 0 Å². The molecule has 0 radical (unpaired) electrons. The van der Waals surface area contributed by atoms with E-state index in [9.17, 15) is 8.42 Å². The van der Waals surface area contributed by atoms with Crippen LogP contribution >= 0.6 is 11.6 Å². The second-order valence-electron chi connectivity index (χ2n) is 5.81. The zero-order chi connectivity index (χ0) is 18.6. The van der Waals surface area contributed by atoms with Gasteiger partial charge in [0.25, 0.3) is 10.0 Å². The van der Waals surface area contributed by atoms with Crippen LogP contribution in [0.5, 0.6) is 0 Å². The lowest BCUT2D eigenvalue weighted by Gasteiger charge is -2.10. The van der Waals surface area contributed by atoms with Gasteiger partial charge in [0.2, 0.25) is 0 Å². The average Bonchev–Trinajstić information content (AvgIpc) is 2.61. The third kappa shape index (κ3) is 4.53. The molecule has 0 unspecified atom stereocenters. The minimum Gasteiger partial charge on any atom is -0.380 e. The van der Waals surface area contributed by atoms with Crippen molar-refractivity contribution in [2.45, 2.75) is 18.4 Å². The number of benzene rings is 2. The van der Waals surface area contributed by atoms with Crippen molar-refractivity contribution in [2.24, 2.45) is 0 Å². The Bertz CT molecular complexity index is 1010. The number of aromatic nitrogens is 1. The number of hydrogen-bond acceptors (Lipinski definition) is 4. The molecule has 0 atom stereocenters. The van der Waals surface area contributed by atoms with Crippen molar-refractivity contribution in [2.75, 3.05) is 10.0 Å². The van der Waals surface area contributed by atoms with Crippen LogP contribution in [-0.2, 0) is 16.6 Å². The maximum atomic E-state index is 12.4. The third-order valence-corrected chi connectivity index (χ3v) is 5.56. The summed E-state index contributed by atoms with van der Waals surface area (Å²) in [6.07, 6.45) is 1.58. The van der Waals surface area contributed by atoms with Crippen LogP contribution in [0.15, 0.2) is 71.8 Å². The summed E-state index contributed by atoms with van der Waals surface area (Å²) in [7, 11) is -3.78. The lowest BCUT2D eigenvalue weighted by Crippen LogP contribution is -2.14. The second kappa shape index (κ2) is 7.76. The Hall–Kier alpha value is -2.57. The van der Waals surface area contributed by atoms with Gasteiger partial charge < -0.3 is 5.32 Å². The first-order chi connectivity index (χ1) is 12.4. The van der Waals surface area contributed by atoms with Crippen LogP contribution in [0.2, 0.25) is 5.02 Å². The molecule has 26 heavy (non-hydrogen) atoms. The van der Waals surface area contributed by atoms with E-state index in [4.69, 9.17) is 11.6 Å². The molecule has 0 saturated carbocycles. The van der Waals surface area contributed by atoms with E-state index in [-0.39, 0.29) is 15.7 Å². The zero-order valence-electron chi connectivity index (χ0n) is 14.1. The van der Waals surface area contributed by atoms with Crippen LogP contribution in [0.1, 0.15) is 11.1 Å². The van der Waals surface area contributed by atoms with Crippen molar-refractivity contribution in [3.05, 3.63) is 83.0 Å². The lowest BCUT2D eigenvalue weighted by molar-refractivity contribution is 0.601. The van der Waals surface area contributed by atoms with Crippen LogP contribution in [0.3, 0.4) is 0 Å². The van der Waals surface area contributed by atoms with Gasteiger partial charge in [0.1, 0.15) is 10.7 Å². The van der Waals surface area contributed by atoms with Crippen LogP contribution < -0.4 is 10.0 Å². The summed E-state index contributed by atoms with van der Waals surface area (Å²) in [5, 5.41) is 3.42. The number of nitrogens with one attached hydrogen (secondary N) is 2. The van der Waals surface area contributed by atoms with Gasteiger partial charge in [-0.1, -0.05) is 53.6 Å². The Morgan fingerprint density at radius 1 is 1.04 bits per heavy atom. The molecule has 3 aromatic rings. The Balaban J connectivity index is 1.67. The van der Waals surface area contributed by atoms with Gasteiger partial charge in [-0.15, -0.1) is 0 Å². The second-order valence-corrected chi connectivity index (χ2v) is 7.87. The normalized spacial score (nSPS) is 11.2. The summed E-state index contributed by atoms with van der Waals surface area (Å²) >= 11 is 5.96. The summed E-state index contributed by atoms with van der Waals surface area (Å²) in [5.41, 5.74) is 3.16. The van der Waals surface area contributed by atoms with Gasteiger partial charge in [0, 0.05) is 6.54 Å². The molecular weight excluding hydrogens is 370 g/mol. The van der Waals surface area contributed by atoms with Gasteiger partial charge in [-0.3, -0.25) is 4.72 Å². The number of pyridine rings is 1. The fourth-order valence-corrected chi connectivity index (χ4v) is 3.97. The Labute approximate surface area is 158 Å². The largest absolute Gasteiger partial charge is 0.380 e. The average molecular weight is 388 g/mol. The summed E-state index contributed by atoms with van der Waals surface area (Å²) in [5.74, 6) is 0.228. The molecule has 1 aromatic heterocycles. The monoisotopic (exact) mass is 387 g/mol. The fraction of sp³-hybridized carbons (Fsp3) is 0.105. The summed E-state index contributed by atoms with van der Waals surface area (Å²) in [4.78, 5) is 4.17. The molecule has 0 bridgehead atoms. The van der Waals surface area contributed by atoms with Gasteiger partial charge in [-0.2, -0.15) is 0 Å². The molecule has 0 aliphatic heterocycles. The van der Waals surface area contributed by atoms with E-state index in [0.717, 1.165) is 11.3 Å². The van der Waals surface area contributed by atoms with Crippen LogP contribution in [0, 0.1) is 6.92 Å². The Morgan fingerprint density at radius 3 is 2.54 bits per heavy atom. The predicted octanol–water partition coefficient (Wildman–Crippen LogP) is 4.46. The first-order valence-corrected chi connectivity index (χ1v) is 9.83. The van der Waals surface area contributed by atoms with Crippen LogP contribution in [-0.4, -0.2) is 13.4 Å².